The Morgan fingerprint density at radius 1 is 1.44 bits per heavy atom. The summed E-state index contributed by atoms with van der Waals surface area (Å²) in [6.45, 7) is 5.91. The highest BCUT2D eigenvalue weighted by atomic mass is 32.1. The van der Waals surface area contributed by atoms with Crippen LogP contribution in [0.25, 0.3) is 0 Å². The van der Waals surface area contributed by atoms with Gasteiger partial charge in [0.15, 0.2) is 5.82 Å². The lowest BCUT2D eigenvalue weighted by Crippen LogP contribution is -2.17. The molecule has 0 radical (unpaired) electrons. The third-order valence-corrected chi connectivity index (χ3v) is 3.45. The molecule has 0 atom stereocenters. The van der Waals surface area contributed by atoms with Gasteiger partial charge in [-0.25, -0.2) is 4.98 Å². The minimum Gasteiger partial charge on any atom is -0.311 e. The second-order valence-electron chi connectivity index (χ2n) is 3.79. The molecule has 2 aromatic heterocycles. The molecule has 0 aliphatic carbocycles. The summed E-state index contributed by atoms with van der Waals surface area (Å²) in [4.78, 5) is 5.67. The quantitative estimate of drug-likeness (QED) is 0.779. The number of aromatic amines is 1. The Balaban J connectivity index is 1.71. The predicted molar refractivity (Wildman–Crippen MR) is 65.6 cm³/mol. The summed E-state index contributed by atoms with van der Waals surface area (Å²) in [7, 11) is 0. The molecule has 2 rings (SSSR count). The smallest absolute Gasteiger partial charge is 0.151 e. The van der Waals surface area contributed by atoms with Gasteiger partial charge < -0.3 is 5.32 Å². The molecule has 0 unspecified atom stereocenters. The molecular formula is C11H16N4S. The van der Waals surface area contributed by atoms with Crippen LogP contribution in [0.1, 0.15) is 22.1 Å². The van der Waals surface area contributed by atoms with E-state index in [-0.39, 0.29) is 0 Å². The third kappa shape index (κ3) is 2.90. The maximum Gasteiger partial charge on any atom is 0.151 e. The summed E-state index contributed by atoms with van der Waals surface area (Å²) in [5.41, 5.74) is 1.37. The van der Waals surface area contributed by atoms with Crippen LogP contribution in [-0.4, -0.2) is 21.7 Å². The van der Waals surface area contributed by atoms with E-state index in [1.807, 2.05) is 6.92 Å². The van der Waals surface area contributed by atoms with E-state index in [4.69, 9.17) is 0 Å². The van der Waals surface area contributed by atoms with Crippen LogP contribution >= 0.6 is 11.3 Å². The van der Waals surface area contributed by atoms with Crippen molar-refractivity contribution < 1.29 is 0 Å². The van der Waals surface area contributed by atoms with Crippen molar-refractivity contribution in [2.45, 2.75) is 26.8 Å². The van der Waals surface area contributed by atoms with Gasteiger partial charge in [-0.15, -0.1) is 11.3 Å². The number of rotatable bonds is 5. The third-order valence-electron chi connectivity index (χ3n) is 2.42. The van der Waals surface area contributed by atoms with Gasteiger partial charge in [-0.05, 0) is 30.9 Å². The van der Waals surface area contributed by atoms with E-state index in [0.717, 1.165) is 31.2 Å². The molecule has 16 heavy (non-hydrogen) atoms. The Hall–Kier alpha value is -1.20. The van der Waals surface area contributed by atoms with Crippen molar-refractivity contribution in [2.75, 3.05) is 6.54 Å². The second-order valence-corrected chi connectivity index (χ2v) is 4.79. The molecule has 2 heterocycles. The highest BCUT2D eigenvalue weighted by Gasteiger charge is 2.01. The summed E-state index contributed by atoms with van der Waals surface area (Å²) in [6, 6.07) is 2.15. The zero-order chi connectivity index (χ0) is 11.4. The van der Waals surface area contributed by atoms with Gasteiger partial charge in [0.2, 0.25) is 0 Å². The highest BCUT2D eigenvalue weighted by molar-refractivity contribution is 7.10. The Bertz CT molecular complexity index is 446. The van der Waals surface area contributed by atoms with Gasteiger partial charge in [0.05, 0.1) is 0 Å². The number of H-pyrrole nitrogens is 1. The van der Waals surface area contributed by atoms with E-state index < -0.39 is 0 Å². The molecule has 4 nitrogen and oxygen atoms in total. The number of nitrogens with zero attached hydrogens (tertiary/aromatic N) is 2. The summed E-state index contributed by atoms with van der Waals surface area (Å²) < 4.78 is 0. The van der Waals surface area contributed by atoms with Crippen LogP contribution in [0.3, 0.4) is 0 Å². The summed E-state index contributed by atoms with van der Waals surface area (Å²) in [5.74, 6) is 1.76. The molecule has 0 aliphatic rings. The lowest BCUT2D eigenvalue weighted by molar-refractivity contribution is 0.675. The Labute approximate surface area is 99.1 Å². The normalized spacial score (nSPS) is 10.9. The molecule has 2 aromatic rings. The molecule has 0 bridgehead atoms. The van der Waals surface area contributed by atoms with Gasteiger partial charge in [0.1, 0.15) is 5.82 Å². The first kappa shape index (κ1) is 11.3. The van der Waals surface area contributed by atoms with Crippen molar-refractivity contribution in [2.24, 2.45) is 0 Å². The molecule has 2 N–H and O–H groups in total. The zero-order valence-electron chi connectivity index (χ0n) is 9.58. The second kappa shape index (κ2) is 5.23. The molecule has 86 valence electrons. The van der Waals surface area contributed by atoms with Gasteiger partial charge in [0.25, 0.3) is 0 Å². The van der Waals surface area contributed by atoms with Crippen molar-refractivity contribution >= 4 is 11.3 Å². The van der Waals surface area contributed by atoms with Gasteiger partial charge in [-0.1, -0.05) is 0 Å². The first-order valence-electron chi connectivity index (χ1n) is 5.37. The van der Waals surface area contributed by atoms with Gasteiger partial charge in [-0.3, -0.25) is 5.10 Å². The summed E-state index contributed by atoms with van der Waals surface area (Å²) >= 11 is 1.80. The first-order valence-corrected chi connectivity index (χ1v) is 6.25. The van der Waals surface area contributed by atoms with Crippen molar-refractivity contribution in [1.29, 1.82) is 0 Å². The van der Waals surface area contributed by atoms with Crippen molar-refractivity contribution in [3.05, 3.63) is 33.5 Å². The summed E-state index contributed by atoms with van der Waals surface area (Å²) in [6.07, 6.45) is 0.870. The van der Waals surface area contributed by atoms with E-state index >= 15 is 0 Å². The molecule has 0 spiro atoms. The van der Waals surface area contributed by atoms with E-state index in [1.54, 1.807) is 11.3 Å². The average Bonchev–Trinajstić information content (AvgIpc) is 2.83. The molecule has 0 aromatic carbocycles. The van der Waals surface area contributed by atoms with Crippen LogP contribution in [-0.2, 0) is 13.0 Å². The van der Waals surface area contributed by atoms with Crippen molar-refractivity contribution in [3.63, 3.8) is 0 Å². The highest BCUT2D eigenvalue weighted by Crippen LogP contribution is 2.14. The largest absolute Gasteiger partial charge is 0.311 e. The number of aromatic nitrogens is 3. The lowest BCUT2D eigenvalue weighted by Gasteiger charge is -2.01. The minimum absolute atomic E-state index is 0.870. The van der Waals surface area contributed by atoms with Crippen LogP contribution < -0.4 is 5.32 Å². The molecular weight excluding hydrogens is 220 g/mol. The van der Waals surface area contributed by atoms with E-state index in [1.165, 1.54) is 10.4 Å². The maximum atomic E-state index is 4.26. The van der Waals surface area contributed by atoms with Crippen LogP contribution in [0.2, 0.25) is 0 Å². The number of aryl methyl sites for hydroxylation is 2. The van der Waals surface area contributed by atoms with Crippen molar-refractivity contribution in [3.8, 4) is 0 Å². The van der Waals surface area contributed by atoms with Crippen LogP contribution in [0, 0.1) is 13.8 Å². The van der Waals surface area contributed by atoms with Crippen LogP contribution in [0.5, 0.6) is 0 Å². The number of hydrogen-bond donors (Lipinski definition) is 2. The van der Waals surface area contributed by atoms with E-state index in [2.05, 4.69) is 38.9 Å². The molecule has 0 amide bonds. The molecule has 0 fully saturated rings. The summed E-state index contributed by atoms with van der Waals surface area (Å²) in [5, 5.41) is 12.5. The fourth-order valence-electron chi connectivity index (χ4n) is 1.49. The molecule has 0 saturated carbocycles. The maximum absolute atomic E-state index is 4.26. The Morgan fingerprint density at radius 2 is 2.31 bits per heavy atom. The predicted octanol–water partition coefficient (Wildman–Crippen LogP) is 1.82. The number of hydrogen-bond acceptors (Lipinski definition) is 4. The van der Waals surface area contributed by atoms with E-state index in [0.29, 0.717) is 0 Å². The number of nitrogens with one attached hydrogen (secondary N) is 2. The van der Waals surface area contributed by atoms with Crippen LogP contribution in [0.4, 0.5) is 0 Å². The van der Waals surface area contributed by atoms with Crippen molar-refractivity contribution in [1.82, 2.24) is 20.5 Å². The monoisotopic (exact) mass is 236 g/mol. The minimum atomic E-state index is 0.870. The van der Waals surface area contributed by atoms with Gasteiger partial charge in [0, 0.05) is 24.4 Å². The lowest BCUT2D eigenvalue weighted by atomic mass is 10.3. The molecule has 0 aliphatic heterocycles. The molecule has 5 heteroatoms. The van der Waals surface area contributed by atoms with Crippen LogP contribution in [0.15, 0.2) is 11.4 Å². The Morgan fingerprint density at radius 3 is 2.94 bits per heavy atom. The zero-order valence-corrected chi connectivity index (χ0v) is 10.4. The first-order chi connectivity index (χ1) is 7.75. The standard InChI is InChI=1S/C11H16N4S/c1-8-4-6-16-10(8)7-12-5-3-11-13-9(2)14-15-11/h4,6,12H,3,5,7H2,1-2H3,(H,13,14,15). The van der Waals surface area contributed by atoms with Gasteiger partial charge in [-0.2, -0.15) is 5.10 Å². The number of thiophene rings is 1. The van der Waals surface area contributed by atoms with Gasteiger partial charge >= 0.3 is 0 Å². The fraction of sp³-hybridized carbons (Fsp3) is 0.455. The fourth-order valence-corrected chi connectivity index (χ4v) is 2.36. The Kier molecular flexibility index (Phi) is 3.69. The topological polar surface area (TPSA) is 53.6 Å². The molecule has 0 saturated heterocycles. The average molecular weight is 236 g/mol. The SMILES string of the molecule is Cc1nc(CCNCc2sccc2C)n[nH]1. The van der Waals surface area contributed by atoms with E-state index in [9.17, 15) is 0 Å².